The number of allylic oxidation sites excluding steroid dienone is 24. The van der Waals surface area contributed by atoms with E-state index in [4.69, 9.17) is 18.5 Å². The summed E-state index contributed by atoms with van der Waals surface area (Å²) in [7, 11) is 1.45. The molecule has 0 radical (unpaired) electrons. The molecule has 10 heteroatoms. The van der Waals surface area contributed by atoms with Crippen molar-refractivity contribution in [3.05, 3.63) is 146 Å². The number of hydrogen-bond acceptors (Lipinski definition) is 7. The molecule has 0 spiro atoms. The van der Waals surface area contributed by atoms with Gasteiger partial charge < -0.3 is 18.9 Å². The zero-order valence-corrected chi connectivity index (χ0v) is 51.7. The Balaban J connectivity index is 4.13. The number of esters is 2. The Morgan fingerprint density at radius 1 is 0.405 bits per heavy atom. The lowest BCUT2D eigenvalue weighted by molar-refractivity contribution is -0.870. The van der Waals surface area contributed by atoms with Gasteiger partial charge in [0.1, 0.15) is 19.8 Å². The van der Waals surface area contributed by atoms with Crippen LogP contribution in [0.4, 0.5) is 0 Å². The maximum absolute atomic E-state index is 12.8. The topological polar surface area (TPSA) is 108 Å². The second-order valence-corrected chi connectivity index (χ2v) is 22.8. The van der Waals surface area contributed by atoms with Crippen molar-refractivity contribution in [2.75, 3.05) is 47.5 Å². The molecule has 0 fully saturated rings. The highest BCUT2D eigenvalue weighted by Crippen LogP contribution is 2.43. The van der Waals surface area contributed by atoms with Crippen LogP contribution in [0.3, 0.4) is 0 Å². The molecule has 0 aliphatic heterocycles. The second-order valence-electron chi connectivity index (χ2n) is 21.4. The van der Waals surface area contributed by atoms with Crippen LogP contribution in [-0.2, 0) is 32.7 Å². The number of quaternary nitrogens is 1. The van der Waals surface area contributed by atoms with Gasteiger partial charge in [0, 0.05) is 12.8 Å². The van der Waals surface area contributed by atoms with E-state index >= 15 is 0 Å². The fraction of sp³-hybridized carbons (Fsp3) is 0.623. The average Bonchev–Trinajstić information content (AvgIpc) is 3.41. The minimum atomic E-state index is -4.40. The SMILES string of the molecule is CC/C=C\C/C=C\C/C=C\C/C=C\C/C=C\C/C=C\C/C=C\C/C=C\C/C=C\C/C=C\C/C=C\CCCCCCCCCC(=O)OC(COC(=O)CCCCCCC/C=C\CCCCCCC)COP(=O)(O)OCC[N+](C)(C)C. The Morgan fingerprint density at radius 2 is 0.722 bits per heavy atom. The highest BCUT2D eigenvalue weighted by Gasteiger charge is 2.27. The lowest BCUT2D eigenvalue weighted by atomic mass is 10.1. The van der Waals surface area contributed by atoms with E-state index in [0.29, 0.717) is 17.4 Å². The highest BCUT2D eigenvalue weighted by molar-refractivity contribution is 7.47. The van der Waals surface area contributed by atoms with Gasteiger partial charge in [-0.2, -0.15) is 0 Å². The van der Waals surface area contributed by atoms with Crippen molar-refractivity contribution >= 4 is 19.8 Å². The molecule has 0 bridgehead atoms. The van der Waals surface area contributed by atoms with Crippen LogP contribution in [0.15, 0.2) is 146 Å². The van der Waals surface area contributed by atoms with E-state index in [2.05, 4.69) is 160 Å². The smallest absolute Gasteiger partial charge is 0.462 e. The maximum atomic E-state index is 12.8. The van der Waals surface area contributed by atoms with Crippen LogP contribution in [0.5, 0.6) is 0 Å². The first kappa shape index (κ1) is 74.9. The normalized spacial score (nSPS) is 14.3. The molecular formula is C69H115NO8P+. The Hall–Kier alpha value is -4.11. The first-order chi connectivity index (χ1) is 38.5. The first-order valence-electron chi connectivity index (χ1n) is 31.1. The van der Waals surface area contributed by atoms with Gasteiger partial charge in [0.05, 0.1) is 27.7 Å². The molecule has 1 N–H and O–H groups in total. The number of ether oxygens (including phenoxy) is 2. The summed E-state index contributed by atoms with van der Waals surface area (Å²) < 4.78 is 34.5. The number of likely N-dealkylation sites (N-methyl/N-ethyl adjacent to an activating group) is 1. The highest BCUT2D eigenvalue weighted by atomic mass is 31.2. The Kier molecular flexibility index (Phi) is 55.5. The average molecular weight is 1120 g/mol. The van der Waals surface area contributed by atoms with Crippen molar-refractivity contribution in [3.8, 4) is 0 Å². The third-order valence-electron chi connectivity index (χ3n) is 12.6. The number of unbranched alkanes of at least 4 members (excludes halogenated alkanes) is 17. The van der Waals surface area contributed by atoms with E-state index in [1.807, 2.05) is 21.1 Å². The van der Waals surface area contributed by atoms with Gasteiger partial charge in [-0.1, -0.05) is 237 Å². The van der Waals surface area contributed by atoms with Crippen LogP contribution >= 0.6 is 7.82 Å². The fourth-order valence-electron chi connectivity index (χ4n) is 7.84. The quantitative estimate of drug-likeness (QED) is 0.0211. The largest absolute Gasteiger partial charge is 0.472 e. The number of carbonyl (C=O) groups excluding carboxylic acids is 2. The van der Waals surface area contributed by atoms with Gasteiger partial charge in [0.2, 0.25) is 0 Å². The molecule has 0 aromatic rings. The van der Waals surface area contributed by atoms with Crippen molar-refractivity contribution in [3.63, 3.8) is 0 Å². The number of phosphoric ester groups is 1. The number of hydrogen-bond donors (Lipinski definition) is 1. The van der Waals surface area contributed by atoms with Crippen LogP contribution in [0.25, 0.3) is 0 Å². The summed E-state index contributed by atoms with van der Waals surface area (Å²) in [5.41, 5.74) is 0. The van der Waals surface area contributed by atoms with E-state index in [-0.39, 0.29) is 32.0 Å². The molecule has 0 aromatic heterocycles. The van der Waals surface area contributed by atoms with Gasteiger partial charge in [-0.3, -0.25) is 18.6 Å². The van der Waals surface area contributed by atoms with Crippen molar-refractivity contribution < 1.29 is 42.1 Å². The number of phosphoric acid groups is 1. The van der Waals surface area contributed by atoms with Crippen LogP contribution in [0.1, 0.15) is 226 Å². The molecule has 0 heterocycles. The standard InChI is InChI=1S/C69H114NO8P/c1-6-8-10-12-14-16-18-20-22-23-24-25-26-27-28-29-30-31-32-33-34-35-36-37-38-39-40-41-42-43-44-45-46-47-48-50-52-54-56-58-60-62-69(72)78-67(66-77-79(73,74)76-64-63-70(3,4)5)65-75-68(71)61-59-57-55-53-51-49-21-19-17-15-13-11-9-7-2/h8,10,14,16,19-22,24-25,27-28,30-31,33-34,36-37,39-40,42-43,45-46,67H,6-7,9,11-13,15,17-18,23,26,29,32,35,38,41,44,47-66H2,1-5H3/p+1/b10-8-,16-14-,21-19-,22-20-,25-24-,28-27-,31-30-,34-33-,37-36-,40-39-,43-42-,46-45-. The van der Waals surface area contributed by atoms with E-state index in [1.54, 1.807) is 0 Å². The van der Waals surface area contributed by atoms with Crippen molar-refractivity contribution in [1.82, 2.24) is 0 Å². The zero-order valence-electron chi connectivity index (χ0n) is 50.8. The molecule has 2 unspecified atom stereocenters. The third-order valence-corrected chi connectivity index (χ3v) is 13.6. The predicted molar refractivity (Wildman–Crippen MR) is 339 cm³/mol. The van der Waals surface area contributed by atoms with Gasteiger partial charge in [0.15, 0.2) is 6.10 Å². The number of carbonyl (C=O) groups is 2. The molecular weight excluding hydrogens is 1000 g/mol. The van der Waals surface area contributed by atoms with Crippen molar-refractivity contribution in [1.29, 1.82) is 0 Å². The molecule has 0 saturated heterocycles. The fourth-order valence-corrected chi connectivity index (χ4v) is 8.58. The van der Waals surface area contributed by atoms with E-state index in [9.17, 15) is 19.0 Å². The molecule has 0 amide bonds. The Labute approximate surface area is 484 Å². The summed E-state index contributed by atoms with van der Waals surface area (Å²) in [6, 6.07) is 0. The number of nitrogens with zero attached hydrogens (tertiary/aromatic N) is 1. The summed E-state index contributed by atoms with van der Waals surface area (Å²) in [5, 5.41) is 0. The number of rotatable bonds is 55. The summed E-state index contributed by atoms with van der Waals surface area (Å²) in [5.74, 6) is -0.829. The monoisotopic (exact) mass is 1120 g/mol. The molecule has 0 aromatic carbocycles. The van der Waals surface area contributed by atoms with Gasteiger partial charge in [-0.25, -0.2) is 4.57 Å². The van der Waals surface area contributed by atoms with Crippen molar-refractivity contribution in [2.24, 2.45) is 0 Å². The molecule has 0 saturated carbocycles. The molecule has 0 rings (SSSR count). The Morgan fingerprint density at radius 3 is 1.09 bits per heavy atom. The summed E-state index contributed by atoms with van der Waals surface area (Å²) in [6.45, 7) is 4.27. The minimum absolute atomic E-state index is 0.0212. The molecule has 0 aliphatic rings. The van der Waals surface area contributed by atoms with Gasteiger partial charge in [0.25, 0.3) is 0 Å². The van der Waals surface area contributed by atoms with Crippen LogP contribution < -0.4 is 0 Å². The van der Waals surface area contributed by atoms with Gasteiger partial charge in [-0.15, -0.1) is 0 Å². The molecule has 448 valence electrons. The molecule has 9 nitrogen and oxygen atoms in total. The van der Waals surface area contributed by atoms with Crippen LogP contribution in [0, 0.1) is 0 Å². The maximum Gasteiger partial charge on any atom is 0.472 e. The second kappa shape index (κ2) is 58.5. The predicted octanol–water partition coefficient (Wildman–Crippen LogP) is 19.9. The van der Waals surface area contributed by atoms with Crippen LogP contribution in [-0.4, -0.2) is 74.9 Å². The molecule has 79 heavy (non-hydrogen) atoms. The van der Waals surface area contributed by atoms with Gasteiger partial charge >= 0.3 is 19.8 Å². The summed E-state index contributed by atoms with van der Waals surface area (Å²) in [6.07, 6.45) is 86.4. The van der Waals surface area contributed by atoms with E-state index in [0.717, 1.165) is 135 Å². The molecule has 0 aliphatic carbocycles. The summed E-state index contributed by atoms with van der Waals surface area (Å²) >= 11 is 0. The summed E-state index contributed by atoms with van der Waals surface area (Å²) in [4.78, 5) is 35.6. The lowest BCUT2D eigenvalue weighted by Gasteiger charge is -2.24. The Bertz CT molecular complexity index is 1840. The van der Waals surface area contributed by atoms with E-state index in [1.165, 1.54) is 57.8 Å². The first-order valence-corrected chi connectivity index (χ1v) is 32.6. The zero-order chi connectivity index (χ0) is 57.7. The third kappa shape index (κ3) is 62.9. The van der Waals surface area contributed by atoms with Crippen LogP contribution in [0.2, 0.25) is 0 Å². The van der Waals surface area contributed by atoms with Crippen molar-refractivity contribution in [2.45, 2.75) is 232 Å². The lowest BCUT2D eigenvalue weighted by Crippen LogP contribution is -2.37. The van der Waals surface area contributed by atoms with Gasteiger partial charge in [-0.05, 0) is 122 Å². The molecule has 2 atom stereocenters. The van der Waals surface area contributed by atoms with E-state index < -0.39 is 26.5 Å². The minimum Gasteiger partial charge on any atom is -0.462 e.